The van der Waals surface area contributed by atoms with Crippen LogP contribution in [0.25, 0.3) is 11.3 Å². The first-order valence-corrected chi connectivity index (χ1v) is 11.2. The first-order chi connectivity index (χ1) is 14.8. The lowest BCUT2D eigenvalue weighted by Crippen LogP contribution is -2.35. The average molecular weight is 453 g/mol. The highest BCUT2D eigenvalue weighted by Crippen LogP contribution is 2.41. The molecular weight excluding hydrogens is 429 g/mol. The maximum Gasteiger partial charge on any atom is 0.387 e. The number of hydrogen-bond acceptors (Lipinski definition) is 8. The third-order valence-electron chi connectivity index (χ3n) is 6.00. The van der Waals surface area contributed by atoms with E-state index in [2.05, 4.69) is 19.6 Å². The molecule has 2 bridgehead atoms. The molecule has 7 nitrogen and oxygen atoms in total. The summed E-state index contributed by atoms with van der Waals surface area (Å²) in [4.78, 5) is 17.5. The molecule has 3 aliphatic rings. The zero-order valence-electron chi connectivity index (χ0n) is 17.0. The van der Waals surface area contributed by atoms with Crippen LogP contribution in [0.5, 0.6) is 5.75 Å². The van der Waals surface area contributed by atoms with Crippen molar-refractivity contribution in [3.63, 3.8) is 0 Å². The monoisotopic (exact) mass is 452 g/mol. The third-order valence-corrected chi connectivity index (χ3v) is 7.39. The summed E-state index contributed by atoms with van der Waals surface area (Å²) in [5, 5.41) is 0.581. The van der Waals surface area contributed by atoms with Gasteiger partial charge in [0.25, 0.3) is 0 Å². The van der Waals surface area contributed by atoms with Gasteiger partial charge in [-0.2, -0.15) is 25.5 Å². The first-order valence-electron chi connectivity index (χ1n) is 10.2. The molecule has 0 amide bonds. The SMILES string of the molecule is C[C@]1(F)CCN(c2nc(-c3cnc(N)c(OC(F)F)c3)cc(N3C[C@@H]4C[C@H]3CS4)n2)C1. The zero-order chi connectivity index (χ0) is 21.8. The average Bonchev–Trinajstić information content (AvgIpc) is 3.44. The second-order valence-electron chi connectivity index (χ2n) is 8.48. The molecule has 2 N–H and O–H groups in total. The molecular formula is C20H23F3N6OS. The third kappa shape index (κ3) is 4.07. The minimum Gasteiger partial charge on any atom is -0.431 e. The topological polar surface area (TPSA) is 80.4 Å². The van der Waals surface area contributed by atoms with Crippen LogP contribution in [-0.2, 0) is 0 Å². The fourth-order valence-electron chi connectivity index (χ4n) is 4.42. The number of rotatable bonds is 5. The van der Waals surface area contributed by atoms with Gasteiger partial charge in [0, 0.05) is 54.4 Å². The Hall–Kier alpha value is -2.43. The van der Waals surface area contributed by atoms with Crippen molar-refractivity contribution in [1.82, 2.24) is 15.0 Å². The predicted molar refractivity (Wildman–Crippen MR) is 115 cm³/mol. The number of hydrogen-bond donors (Lipinski definition) is 1. The van der Waals surface area contributed by atoms with E-state index in [9.17, 15) is 13.2 Å². The number of ether oxygens (including phenoxy) is 1. The van der Waals surface area contributed by atoms with Gasteiger partial charge in [-0.05, 0) is 19.4 Å². The van der Waals surface area contributed by atoms with Crippen LogP contribution in [-0.4, -0.2) is 63.9 Å². The van der Waals surface area contributed by atoms with Gasteiger partial charge >= 0.3 is 6.61 Å². The summed E-state index contributed by atoms with van der Waals surface area (Å²) in [6.45, 7) is 0.174. The second kappa shape index (κ2) is 7.61. The molecule has 5 heterocycles. The maximum atomic E-state index is 14.5. The Balaban J connectivity index is 1.55. The quantitative estimate of drug-likeness (QED) is 0.740. The van der Waals surface area contributed by atoms with Gasteiger partial charge in [-0.1, -0.05) is 0 Å². The van der Waals surface area contributed by atoms with Crippen molar-refractivity contribution in [3.8, 4) is 17.0 Å². The lowest BCUT2D eigenvalue weighted by Gasteiger charge is -2.29. The standard InChI is InChI=1S/C20H23F3N6OS/c1-20(23)2-3-28(10-20)19-26-14(11-4-15(30-18(21)22)17(24)25-7-11)6-16(27-19)29-8-13-5-12(29)9-31-13/h4,6-7,12-13,18H,2-3,5,8-10H2,1H3,(H2,24,25)/t12-,13-,20-/m0/s1. The first kappa shape index (κ1) is 20.5. The molecule has 3 atom stereocenters. The fraction of sp³-hybridized carbons (Fsp3) is 0.550. The molecule has 3 saturated heterocycles. The van der Waals surface area contributed by atoms with Crippen LogP contribution in [0.4, 0.5) is 30.8 Å². The van der Waals surface area contributed by atoms with Crippen molar-refractivity contribution in [3.05, 3.63) is 18.3 Å². The van der Waals surface area contributed by atoms with Crippen molar-refractivity contribution in [2.24, 2.45) is 0 Å². The van der Waals surface area contributed by atoms with Crippen molar-refractivity contribution >= 4 is 29.3 Å². The van der Waals surface area contributed by atoms with E-state index in [1.165, 1.54) is 12.3 Å². The number of fused-ring (bicyclic) bond motifs is 2. The van der Waals surface area contributed by atoms with Gasteiger partial charge in [-0.15, -0.1) is 0 Å². The summed E-state index contributed by atoms with van der Waals surface area (Å²) in [5.41, 5.74) is 5.37. The van der Waals surface area contributed by atoms with Crippen molar-refractivity contribution in [2.75, 3.05) is 40.9 Å². The highest BCUT2D eigenvalue weighted by Gasteiger charge is 2.40. The summed E-state index contributed by atoms with van der Waals surface area (Å²) in [7, 11) is 0. The fourth-order valence-corrected chi connectivity index (χ4v) is 5.85. The normalized spacial score (nSPS) is 27.5. The Morgan fingerprint density at radius 2 is 2.16 bits per heavy atom. The molecule has 0 aliphatic carbocycles. The summed E-state index contributed by atoms with van der Waals surface area (Å²) in [5.74, 6) is 1.90. The minimum atomic E-state index is -3.01. The number of alkyl halides is 3. The number of aromatic nitrogens is 3. The number of thioether (sulfide) groups is 1. The van der Waals surface area contributed by atoms with Crippen LogP contribution >= 0.6 is 11.8 Å². The summed E-state index contributed by atoms with van der Waals surface area (Å²) < 4.78 is 44.5. The van der Waals surface area contributed by atoms with E-state index in [0.29, 0.717) is 41.5 Å². The number of pyridine rings is 1. The van der Waals surface area contributed by atoms with E-state index >= 15 is 0 Å². The van der Waals surface area contributed by atoms with Crippen molar-refractivity contribution in [2.45, 2.75) is 43.3 Å². The Kier molecular flexibility index (Phi) is 5.03. The van der Waals surface area contributed by atoms with Gasteiger partial charge < -0.3 is 20.3 Å². The Bertz CT molecular complexity index is 993. The van der Waals surface area contributed by atoms with E-state index in [4.69, 9.17) is 10.7 Å². The molecule has 2 aromatic rings. The summed E-state index contributed by atoms with van der Waals surface area (Å²) >= 11 is 1.97. The van der Waals surface area contributed by atoms with Gasteiger partial charge in [0.1, 0.15) is 11.5 Å². The maximum absolute atomic E-state index is 14.5. The molecule has 31 heavy (non-hydrogen) atoms. The highest BCUT2D eigenvalue weighted by atomic mass is 32.2. The summed E-state index contributed by atoms with van der Waals surface area (Å²) in [6, 6.07) is 3.64. The number of anilines is 3. The van der Waals surface area contributed by atoms with Crippen LogP contribution in [0.2, 0.25) is 0 Å². The Morgan fingerprint density at radius 1 is 1.32 bits per heavy atom. The van der Waals surface area contributed by atoms with Gasteiger partial charge in [0.15, 0.2) is 11.6 Å². The molecule has 0 saturated carbocycles. The van der Waals surface area contributed by atoms with E-state index in [-0.39, 0.29) is 18.1 Å². The van der Waals surface area contributed by atoms with Gasteiger partial charge in [0.2, 0.25) is 5.95 Å². The number of nitrogens with two attached hydrogens (primary N) is 1. The Morgan fingerprint density at radius 3 is 2.81 bits per heavy atom. The van der Waals surface area contributed by atoms with Crippen LogP contribution in [0, 0.1) is 0 Å². The lowest BCUT2D eigenvalue weighted by atomic mass is 10.1. The van der Waals surface area contributed by atoms with Crippen molar-refractivity contribution < 1.29 is 17.9 Å². The van der Waals surface area contributed by atoms with Gasteiger partial charge in [-0.3, -0.25) is 0 Å². The lowest BCUT2D eigenvalue weighted by molar-refractivity contribution is -0.0494. The molecule has 3 fully saturated rings. The van der Waals surface area contributed by atoms with Crippen LogP contribution in [0.3, 0.4) is 0 Å². The molecule has 3 aliphatic heterocycles. The summed E-state index contributed by atoms with van der Waals surface area (Å²) in [6.07, 6.45) is 2.98. The number of nitrogen functional groups attached to an aromatic ring is 1. The smallest absolute Gasteiger partial charge is 0.387 e. The minimum absolute atomic E-state index is 0.125. The van der Waals surface area contributed by atoms with E-state index < -0.39 is 12.3 Å². The molecule has 5 rings (SSSR count). The zero-order valence-corrected chi connectivity index (χ0v) is 17.8. The molecule has 0 spiro atoms. The second-order valence-corrected chi connectivity index (χ2v) is 9.81. The number of halogens is 3. The molecule has 0 unspecified atom stereocenters. The van der Waals surface area contributed by atoms with Gasteiger partial charge in [0.05, 0.1) is 12.2 Å². The number of nitrogens with zero attached hydrogens (tertiary/aromatic N) is 5. The molecule has 0 radical (unpaired) electrons. The van der Waals surface area contributed by atoms with Crippen LogP contribution < -0.4 is 20.3 Å². The molecule has 11 heteroatoms. The van der Waals surface area contributed by atoms with Crippen LogP contribution in [0.15, 0.2) is 18.3 Å². The molecule has 166 valence electrons. The Labute approximate surface area is 182 Å². The van der Waals surface area contributed by atoms with Crippen molar-refractivity contribution in [1.29, 1.82) is 0 Å². The van der Waals surface area contributed by atoms with E-state index in [1.807, 2.05) is 22.7 Å². The van der Waals surface area contributed by atoms with E-state index in [1.54, 1.807) is 6.92 Å². The van der Waals surface area contributed by atoms with E-state index in [0.717, 1.165) is 24.5 Å². The highest BCUT2D eigenvalue weighted by molar-refractivity contribution is 8.00. The largest absolute Gasteiger partial charge is 0.431 e. The molecule has 0 aromatic carbocycles. The predicted octanol–water partition coefficient (Wildman–Crippen LogP) is 3.35. The van der Waals surface area contributed by atoms with Gasteiger partial charge in [-0.25, -0.2) is 14.4 Å². The van der Waals surface area contributed by atoms with Crippen LogP contribution in [0.1, 0.15) is 19.8 Å². The molecule has 2 aromatic heterocycles.